The van der Waals surface area contributed by atoms with E-state index < -0.39 is 17.0 Å². The minimum Gasteiger partial charge on any atom is -0.396 e. The molecule has 2 rings (SSSR count). The molecule has 0 spiro atoms. The van der Waals surface area contributed by atoms with Crippen molar-refractivity contribution < 1.29 is 18.6 Å². The van der Waals surface area contributed by atoms with Crippen molar-refractivity contribution in [2.45, 2.75) is 25.9 Å². The molecule has 1 aliphatic heterocycles. The molecule has 0 bridgehead atoms. The molecule has 1 heterocycles. The number of ether oxygens (including phenoxy) is 1. The maximum Gasteiger partial charge on any atom is 0.129 e. The minimum atomic E-state index is -0.566. The van der Waals surface area contributed by atoms with Crippen LogP contribution in [0, 0.1) is 17.0 Å². The number of hydrogen-bond acceptors (Lipinski definition) is 2. The Morgan fingerprint density at radius 2 is 2.06 bits per heavy atom. The van der Waals surface area contributed by atoms with Crippen LogP contribution in [0.2, 0.25) is 0 Å². The van der Waals surface area contributed by atoms with Gasteiger partial charge in [0.2, 0.25) is 0 Å². The molecule has 0 saturated carbocycles. The summed E-state index contributed by atoms with van der Waals surface area (Å²) in [6.07, 6.45) is 0.605. The second-order valence-corrected chi connectivity index (χ2v) is 4.66. The number of benzene rings is 1. The predicted molar refractivity (Wildman–Crippen MR) is 59.6 cm³/mol. The Kier molecular flexibility index (Phi) is 3.45. The number of rotatable bonds is 3. The van der Waals surface area contributed by atoms with Crippen LogP contribution >= 0.6 is 0 Å². The van der Waals surface area contributed by atoms with Gasteiger partial charge in [-0.3, -0.25) is 0 Å². The lowest BCUT2D eigenvalue weighted by molar-refractivity contribution is 0.0263. The molecule has 1 N–H and O–H groups in total. The van der Waals surface area contributed by atoms with Crippen molar-refractivity contribution in [1.82, 2.24) is 0 Å². The molecule has 1 aromatic rings. The fraction of sp³-hybridized carbons (Fsp3) is 0.538. The zero-order chi connectivity index (χ0) is 12.5. The van der Waals surface area contributed by atoms with Crippen molar-refractivity contribution in [2.75, 3.05) is 13.2 Å². The average Bonchev–Trinajstić information content (AvgIpc) is 2.66. The highest BCUT2D eigenvalue weighted by Crippen LogP contribution is 2.38. The van der Waals surface area contributed by atoms with Crippen LogP contribution in [-0.4, -0.2) is 24.4 Å². The van der Waals surface area contributed by atoms with Gasteiger partial charge in [-0.1, -0.05) is 6.07 Å². The molecule has 0 radical (unpaired) electrons. The lowest BCUT2D eigenvalue weighted by Crippen LogP contribution is -2.35. The lowest BCUT2D eigenvalue weighted by atomic mass is 9.77. The third-order valence-electron chi connectivity index (χ3n) is 3.74. The summed E-state index contributed by atoms with van der Waals surface area (Å²) < 4.78 is 32.6. The van der Waals surface area contributed by atoms with Gasteiger partial charge in [0.25, 0.3) is 0 Å². The van der Waals surface area contributed by atoms with Crippen molar-refractivity contribution in [1.29, 1.82) is 0 Å². The zero-order valence-electron chi connectivity index (χ0n) is 9.75. The molecule has 17 heavy (non-hydrogen) atoms. The van der Waals surface area contributed by atoms with E-state index in [0.29, 0.717) is 13.0 Å². The maximum absolute atomic E-state index is 13.6. The van der Waals surface area contributed by atoms with Crippen molar-refractivity contribution in [3.05, 3.63) is 35.4 Å². The van der Waals surface area contributed by atoms with E-state index >= 15 is 0 Å². The Bertz CT molecular complexity index is 388. The lowest BCUT2D eigenvalue weighted by Gasteiger charge is -2.30. The summed E-state index contributed by atoms with van der Waals surface area (Å²) in [7, 11) is 0. The monoisotopic (exact) mass is 242 g/mol. The molecule has 2 nitrogen and oxygen atoms in total. The molecule has 0 aliphatic carbocycles. The Hall–Kier alpha value is -1.00. The van der Waals surface area contributed by atoms with Gasteiger partial charge >= 0.3 is 0 Å². The van der Waals surface area contributed by atoms with Gasteiger partial charge in [-0.2, -0.15) is 0 Å². The van der Waals surface area contributed by atoms with Crippen LogP contribution in [0.3, 0.4) is 0 Å². The highest BCUT2D eigenvalue weighted by molar-refractivity contribution is 5.22. The number of hydrogen-bond donors (Lipinski definition) is 1. The van der Waals surface area contributed by atoms with Gasteiger partial charge in [-0.05, 0) is 31.9 Å². The van der Waals surface area contributed by atoms with Crippen LogP contribution in [0.25, 0.3) is 0 Å². The molecule has 94 valence electrons. The van der Waals surface area contributed by atoms with Crippen molar-refractivity contribution in [3.8, 4) is 0 Å². The van der Waals surface area contributed by atoms with Gasteiger partial charge in [0.15, 0.2) is 0 Å². The third kappa shape index (κ3) is 2.19. The van der Waals surface area contributed by atoms with Crippen LogP contribution in [-0.2, 0) is 11.2 Å². The first-order chi connectivity index (χ1) is 8.09. The molecule has 1 aliphatic rings. The second-order valence-electron chi connectivity index (χ2n) is 4.66. The predicted octanol–water partition coefficient (Wildman–Crippen LogP) is 2.29. The standard InChI is InChI=1S/C13H16F2O2/c1-9-13(8-16,5-6-17-9)7-10-11(14)3-2-4-12(10)15/h2-4,9,16H,5-8H2,1H3. The Balaban J connectivity index is 2.30. The van der Waals surface area contributed by atoms with Crippen molar-refractivity contribution in [3.63, 3.8) is 0 Å². The van der Waals surface area contributed by atoms with Crippen LogP contribution in [0.1, 0.15) is 18.9 Å². The topological polar surface area (TPSA) is 29.5 Å². The smallest absolute Gasteiger partial charge is 0.129 e. The summed E-state index contributed by atoms with van der Waals surface area (Å²) in [6.45, 7) is 2.24. The SMILES string of the molecule is CC1OCCC1(CO)Cc1c(F)cccc1F. The number of aliphatic hydroxyl groups excluding tert-OH is 1. The van der Waals surface area contributed by atoms with Crippen LogP contribution in [0.4, 0.5) is 8.78 Å². The normalized spacial score (nSPS) is 28.6. The molecule has 0 amide bonds. The molecule has 4 heteroatoms. The van der Waals surface area contributed by atoms with Crippen LogP contribution < -0.4 is 0 Å². The summed E-state index contributed by atoms with van der Waals surface area (Å²) in [4.78, 5) is 0. The fourth-order valence-electron chi connectivity index (χ4n) is 2.37. The van der Waals surface area contributed by atoms with Crippen LogP contribution in [0.15, 0.2) is 18.2 Å². The quantitative estimate of drug-likeness (QED) is 0.881. The molecule has 1 saturated heterocycles. The first-order valence-corrected chi connectivity index (χ1v) is 5.74. The third-order valence-corrected chi connectivity index (χ3v) is 3.74. The molecule has 2 atom stereocenters. The first kappa shape index (κ1) is 12.5. The van der Waals surface area contributed by atoms with Gasteiger partial charge in [-0.25, -0.2) is 8.78 Å². The number of aliphatic hydroxyl groups is 1. The molecule has 2 unspecified atom stereocenters. The van der Waals surface area contributed by atoms with E-state index in [1.165, 1.54) is 18.2 Å². The minimum absolute atomic E-state index is 0.0406. The Morgan fingerprint density at radius 3 is 2.53 bits per heavy atom. The van der Waals surface area contributed by atoms with E-state index in [0.717, 1.165) is 0 Å². The van der Waals surface area contributed by atoms with Gasteiger partial charge in [0.05, 0.1) is 12.7 Å². The molecule has 0 aromatic heterocycles. The average molecular weight is 242 g/mol. The highest BCUT2D eigenvalue weighted by Gasteiger charge is 2.42. The van der Waals surface area contributed by atoms with E-state index in [4.69, 9.17) is 4.74 Å². The zero-order valence-corrected chi connectivity index (χ0v) is 9.75. The van der Waals surface area contributed by atoms with Crippen LogP contribution in [0.5, 0.6) is 0 Å². The van der Waals surface area contributed by atoms with Gasteiger partial charge in [0, 0.05) is 17.6 Å². The number of halogens is 2. The summed E-state index contributed by atoms with van der Waals surface area (Å²) in [6, 6.07) is 3.82. The summed E-state index contributed by atoms with van der Waals surface area (Å²) >= 11 is 0. The molecule has 1 fully saturated rings. The molecular weight excluding hydrogens is 226 g/mol. The van der Waals surface area contributed by atoms with Gasteiger partial charge in [-0.15, -0.1) is 0 Å². The fourth-order valence-corrected chi connectivity index (χ4v) is 2.37. The van der Waals surface area contributed by atoms with E-state index in [-0.39, 0.29) is 24.7 Å². The van der Waals surface area contributed by atoms with E-state index in [1.54, 1.807) is 0 Å². The summed E-state index contributed by atoms with van der Waals surface area (Å²) in [5, 5.41) is 9.51. The highest BCUT2D eigenvalue weighted by atomic mass is 19.1. The van der Waals surface area contributed by atoms with E-state index in [1.807, 2.05) is 6.92 Å². The maximum atomic E-state index is 13.6. The van der Waals surface area contributed by atoms with Crippen molar-refractivity contribution >= 4 is 0 Å². The van der Waals surface area contributed by atoms with E-state index in [2.05, 4.69) is 0 Å². The first-order valence-electron chi connectivity index (χ1n) is 5.74. The Labute approximate surface area is 99.2 Å². The summed E-state index contributed by atoms with van der Waals surface area (Å²) in [5.74, 6) is -1.12. The molecular formula is C13H16F2O2. The van der Waals surface area contributed by atoms with Gasteiger partial charge < -0.3 is 9.84 Å². The molecule has 1 aromatic carbocycles. The van der Waals surface area contributed by atoms with Gasteiger partial charge in [0.1, 0.15) is 11.6 Å². The second kappa shape index (κ2) is 4.70. The largest absolute Gasteiger partial charge is 0.396 e. The van der Waals surface area contributed by atoms with Crippen molar-refractivity contribution in [2.24, 2.45) is 5.41 Å². The van der Waals surface area contributed by atoms with E-state index in [9.17, 15) is 13.9 Å². The summed E-state index contributed by atoms with van der Waals surface area (Å²) in [5.41, 5.74) is -0.526. The Morgan fingerprint density at radius 1 is 1.41 bits per heavy atom.